The summed E-state index contributed by atoms with van der Waals surface area (Å²) in [7, 11) is 0. The van der Waals surface area contributed by atoms with Crippen LogP contribution in [-0.4, -0.2) is 9.97 Å². The van der Waals surface area contributed by atoms with Crippen molar-refractivity contribution in [3.05, 3.63) is 145 Å². The Balaban J connectivity index is 1.30. The Bertz CT molecular complexity index is 2420. The van der Waals surface area contributed by atoms with Crippen molar-refractivity contribution < 1.29 is 0 Å². The van der Waals surface area contributed by atoms with Crippen molar-refractivity contribution in [2.24, 2.45) is 0 Å². The molecule has 0 spiro atoms. The third-order valence-corrected chi connectivity index (χ3v) is 9.41. The molecule has 0 saturated carbocycles. The van der Waals surface area contributed by atoms with Crippen molar-refractivity contribution in [2.45, 2.75) is 19.3 Å². The molecule has 1 aliphatic carbocycles. The first kappa shape index (κ1) is 24.3. The van der Waals surface area contributed by atoms with Crippen LogP contribution >= 0.6 is 0 Å². The highest BCUT2D eigenvalue weighted by Crippen LogP contribution is 2.50. The van der Waals surface area contributed by atoms with E-state index in [0.29, 0.717) is 0 Å². The van der Waals surface area contributed by atoms with Crippen molar-refractivity contribution >= 4 is 43.4 Å². The summed E-state index contributed by atoms with van der Waals surface area (Å²) in [5.41, 5.74) is 11.3. The van der Waals surface area contributed by atoms with Crippen molar-refractivity contribution in [1.82, 2.24) is 9.97 Å². The van der Waals surface area contributed by atoms with Gasteiger partial charge in [-0.15, -0.1) is 0 Å². The molecule has 1 heterocycles. The standard InChI is InChI=1S/C41H28N2/c1-41(2)34-13-7-6-12-31(34)33-24-32-28(23-35(33)41)19-17-25-16-18-27-22-29(20-21-30(27)38(25)32)40-39(26-10-4-3-5-11-26)42-36-14-8-9-15-37(36)43-40/h3-24H,1-2H3. The van der Waals surface area contributed by atoms with Crippen LogP contribution in [0.3, 0.4) is 0 Å². The molecule has 0 amide bonds. The Morgan fingerprint density at radius 3 is 1.84 bits per heavy atom. The first-order valence-corrected chi connectivity index (χ1v) is 14.9. The van der Waals surface area contributed by atoms with Gasteiger partial charge in [-0.2, -0.15) is 0 Å². The molecule has 0 atom stereocenters. The van der Waals surface area contributed by atoms with Gasteiger partial charge in [0.15, 0.2) is 0 Å². The van der Waals surface area contributed by atoms with Crippen LogP contribution in [0.5, 0.6) is 0 Å². The van der Waals surface area contributed by atoms with Gasteiger partial charge in [-0.25, -0.2) is 9.97 Å². The molecule has 0 aliphatic heterocycles. The lowest BCUT2D eigenvalue weighted by Gasteiger charge is -2.22. The van der Waals surface area contributed by atoms with Crippen LogP contribution in [0.2, 0.25) is 0 Å². The van der Waals surface area contributed by atoms with Gasteiger partial charge in [0.05, 0.1) is 22.4 Å². The number of nitrogens with zero attached hydrogens (tertiary/aromatic N) is 2. The number of benzene rings is 7. The summed E-state index contributed by atoms with van der Waals surface area (Å²) in [6.45, 7) is 4.70. The van der Waals surface area contributed by atoms with E-state index >= 15 is 0 Å². The van der Waals surface area contributed by atoms with E-state index in [1.165, 1.54) is 54.6 Å². The molecule has 7 aromatic carbocycles. The van der Waals surface area contributed by atoms with E-state index in [0.717, 1.165) is 33.5 Å². The first-order valence-electron chi connectivity index (χ1n) is 14.9. The molecule has 8 aromatic rings. The summed E-state index contributed by atoms with van der Waals surface area (Å²) < 4.78 is 0. The molecular weight excluding hydrogens is 520 g/mol. The molecule has 202 valence electrons. The smallest absolute Gasteiger partial charge is 0.0973 e. The topological polar surface area (TPSA) is 25.8 Å². The molecule has 43 heavy (non-hydrogen) atoms. The number of hydrogen-bond acceptors (Lipinski definition) is 2. The quantitative estimate of drug-likeness (QED) is 0.201. The van der Waals surface area contributed by atoms with E-state index in [9.17, 15) is 0 Å². The van der Waals surface area contributed by atoms with Gasteiger partial charge in [-0.3, -0.25) is 0 Å². The minimum atomic E-state index is -0.0138. The molecule has 2 heteroatoms. The van der Waals surface area contributed by atoms with Crippen LogP contribution in [0, 0.1) is 0 Å². The minimum absolute atomic E-state index is 0.0138. The summed E-state index contributed by atoms with van der Waals surface area (Å²) in [5, 5.41) is 7.61. The summed E-state index contributed by atoms with van der Waals surface area (Å²) >= 11 is 0. The molecular formula is C41H28N2. The highest BCUT2D eigenvalue weighted by molar-refractivity contribution is 6.21. The zero-order chi connectivity index (χ0) is 28.7. The molecule has 0 N–H and O–H groups in total. The third kappa shape index (κ3) is 3.53. The van der Waals surface area contributed by atoms with Gasteiger partial charge in [0.25, 0.3) is 0 Å². The fourth-order valence-electron chi connectivity index (χ4n) is 7.23. The number of aromatic nitrogens is 2. The zero-order valence-corrected chi connectivity index (χ0v) is 24.1. The predicted octanol–water partition coefficient (Wildman–Crippen LogP) is 10.7. The molecule has 1 aromatic heterocycles. The molecule has 0 saturated heterocycles. The second kappa shape index (κ2) is 8.83. The summed E-state index contributed by atoms with van der Waals surface area (Å²) in [6.07, 6.45) is 0. The highest BCUT2D eigenvalue weighted by atomic mass is 14.8. The summed E-state index contributed by atoms with van der Waals surface area (Å²) in [4.78, 5) is 10.2. The Hall–Kier alpha value is -5.34. The Morgan fingerprint density at radius 1 is 0.442 bits per heavy atom. The van der Waals surface area contributed by atoms with E-state index in [2.05, 4.69) is 117 Å². The number of hydrogen-bond donors (Lipinski definition) is 0. The number of rotatable bonds is 2. The van der Waals surface area contributed by atoms with Gasteiger partial charge in [0.2, 0.25) is 0 Å². The third-order valence-electron chi connectivity index (χ3n) is 9.41. The van der Waals surface area contributed by atoms with E-state index in [-0.39, 0.29) is 5.41 Å². The van der Waals surface area contributed by atoms with Crippen LogP contribution in [-0.2, 0) is 5.41 Å². The monoisotopic (exact) mass is 548 g/mol. The molecule has 9 rings (SSSR count). The summed E-state index contributed by atoms with van der Waals surface area (Å²) in [6, 6.07) is 48.1. The average Bonchev–Trinajstić information content (AvgIpc) is 3.28. The van der Waals surface area contributed by atoms with Gasteiger partial charge in [0, 0.05) is 16.5 Å². The second-order valence-electron chi connectivity index (χ2n) is 12.2. The molecule has 0 radical (unpaired) electrons. The van der Waals surface area contributed by atoms with Gasteiger partial charge in [-0.1, -0.05) is 117 Å². The largest absolute Gasteiger partial charge is 0.244 e. The van der Waals surface area contributed by atoms with Gasteiger partial charge < -0.3 is 0 Å². The van der Waals surface area contributed by atoms with E-state index < -0.39 is 0 Å². The summed E-state index contributed by atoms with van der Waals surface area (Å²) in [5.74, 6) is 0. The Kier molecular flexibility index (Phi) is 4.99. The van der Waals surface area contributed by atoms with Gasteiger partial charge in [0.1, 0.15) is 0 Å². The second-order valence-corrected chi connectivity index (χ2v) is 12.2. The molecule has 2 nitrogen and oxygen atoms in total. The lowest BCUT2D eigenvalue weighted by Crippen LogP contribution is -2.14. The number of fused-ring (bicyclic) bond motifs is 9. The van der Waals surface area contributed by atoms with Crippen molar-refractivity contribution in [3.8, 4) is 33.6 Å². The molecule has 0 unspecified atom stereocenters. The Morgan fingerprint density at radius 2 is 1.07 bits per heavy atom. The molecule has 1 aliphatic rings. The fraction of sp³-hybridized carbons (Fsp3) is 0.0732. The predicted molar refractivity (Wildman–Crippen MR) is 180 cm³/mol. The van der Waals surface area contributed by atoms with Crippen LogP contribution in [0.4, 0.5) is 0 Å². The van der Waals surface area contributed by atoms with Crippen LogP contribution < -0.4 is 0 Å². The maximum absolute atomic E-state index is 5.15. The first-order chi connectivity index (χ1) is 21.1. The van der Waals surface area contributed by atoms with Crippen molar-refractivity contribution in [2.75, 3.05) is 0 Å². The van der Waals surface area contributed by atoms with E-state index in [4.69, 9.17) is 9.97 Å². The van der Waals surface area contributed by atoms with Crippen molar-refractivity contribution in [1.29, 1.82) is 0 Å². The number of para-hydroxylation sites is 2. The average molecular weight is 549 g/mol. The van der Waals surface area contributed by atoms with E-state index in [1.807, 2.05) is 30.3 Å². The maximum Gasteiger partial charge on any atom is 0.0973 e. The lowest BCUT2D eigenvalue weighted by atomic mass is 9.81. The molecule has 0 bridgehead atoms. The van der Waals surface area contributed by atoms with Gasteiger partial charge >= 0.3 is 0 Å². The van der Waals surface area contributed by atoms with Crippen LogP contribution in [0.1, 0.15) is 25.0 Å². The van der Waals surface area contributed by atoms with Gasteiger partial charge in [-0.05, 0) is 84.9 Å². The van der Waals surface area contributed by atoms with Crippen LogP contribution in [0.25, 0.3) is 77.0 Å². The van der Waals surface area contributed by atoms with E-state index in [1.54, 1.807) is 0 Å². The normalized spacial score (nSPS) is 13.5. The van der Waals surface area contributed by atoms with Crippen LogP contribution in [0.15, 0.2) is 133 Å². The maximum atomic E-state index is 5.15. The SMILES string of the molecule is CC1(C)c2ccccc2-c2cc3c(ccc4ccc5cc(-c6nc7ccccc7nc6-c6ccccc6)ccc5c43)cc21. The molecule has 0 fully saturated rings. The zero-order valence-electron chi connectivity index (χ0n) is 24.1. The van der Waals surface area contributed by atoms with Crippen molar-refractivity contribution in [3.63, 3.8) is 0 Å². The lowest BCUT2D eigenvalue weighted by molar-refractivity contribution is 0.661. The highest BCUT2D eigenvalue weighted by Gasteiger charge is 2.35. The Labute approximate surface area is 250 Å². The fourth-order valence-corrected chi connectivity index (χ4v) is 7.23. The minimum Gasteiger partial charge on any atom is -0.244 e.